The molecule has 0 bridgehead atoms. The third-order valence-corrected chi connectivity index (χ3v) is 13.3. The maximum absolute atomic E-state index is 13.0. The summed E-state index contributed by atoms with van der Waals surface area (Å²) in [5.74, 6) is -0.174. The Bertz CT molecular complexity index is 1060. The van der Waals surface area contributed by atoms with Crippen LogP contribution < -0.4 is 5.32 Å². The van der Waals surface area contributed by atoms with E-state index in [0.29, 0.717) is 6.42 Å². The molecule has 6 N–H and O–H groups in total. The largest absolute Gasteiger partial charge is 0.394 e. The van der Waals surface area contributed by atoms with Gasteiger partial charge in [-0.1, -0.05) is 237 Å². The van der Waals surface area contributed by atoms with E-state index in [1.54, 1.807) is 6.08 Å². The molecule has 1 aliphatic heterocycles. The van der Waals surface area contributed by atoms with Gasteiger partial charge >= 0.3 is 0 Å². The van der Waals surface area contributed by atoms with Crippen molar-refractivity contribution in [1.82, 2.24) is 5.32 Å². The summed E-state index contributed by atoms with van der Waals surface area (Å²) in [6.45, 7) is 3.78. The molecule has 1 heterocycles. The number of nitrogens with one attached hydrogen (secondary N) is 1. The van der Waals surface area contributed by atoms with Gasteiger partial charge in [-0.15, -0.1) is 0 Å². The lowest BCUT2D eigenvalue weighted by molar-refractivity contribution is -0.302. The maximum atomic E-state index is 13.0. The molecule has 1 rings (SSSR count). The van der Waals surface area contributed by atoms with E-state index in [0.717, 1.165) is 38.5 Å². The van der Waals surface area contributed by atoms with Crippen molar-refractivity contribution in [2.24, 2.45) is 0 Å². The van der Waals surface area contributed by atoms with Gasteiger partial charge in [0.05, 0.1) is 25.4 Å². The zero-order chi connectivity index (χ0) is 46.6. The first-order valence-corrected chi connectivity index (χ1v) is 27.6. The summed E-state index contributed by atoms with van der Waals surface area (Å²) in [4.78, 5) is 13.0. The van der Waals surface area contributed by atoms with E-state index < -0.39 is 49.5 Å². The second kappa shape index (κ2) is 45.5. The molecule has 1 amide bonds. The van der Waals surface area contributed by atoms with Gasteiger partial charge in [-0.3, -0.25) is 4.79 Å². The number of allylic oxidation sites excluding steroid dienone is 3. The minimum absolute atomic E-state index is 0.174. The van der Waals surface area contributed by atoms with Crippen LogP contribution in [0.5, 0.6) is 0 Å². The summed E-state index contributed by atoms with van der Waals surface area (Å²) in [7, 11) is 0. The summed E-state index contributed by atoms with van der Waals surface area (Å²) >= 11 is 0. The molecule has 0 saturated carbocycles. The molecule has 1 saturated heterocycles. The molecule has 0 aromatic heterocycles. The molecule has 0 aromatic carbocycles. The lowest BCUT2D eigenvalue weighted by Gasteiger charge is -2.40. The highest BCUT2D eigenvalue weighted by molar-refractivity contribution is 5.76. The number of aliphatic hydroxyl groups is 5. The molecule has 0 spiro atoms. The van der Waals surface area contributed by atoms with E-state index >= 15 is 0 Å². The number of ether oxygens (including phenoxy) is 2. The molecule has 7 unspecified atom stereocenters. The minimum Gasteiger partial charge on any atom is -0.394 e. The molecule has 64 heavy (non-hydrogen) atoms. The monoisotopic (exact) mass is 908 g/mol. The Morgan fingerprint density at radius 1 is 0.516 bits per heavy atom. The highest BCUT2D eigenvalue weighted by atomic mass is 16.7. The lowest BCUT2D eigenvalue weighted by Crippen LogP contribution is -2.60. The molecule has 1 fully saturated rings. The zero-order valence-electron chi connectivity index (χ0n) is 41.8. The van der Waals surface area contributed by atoms with E-state index in [1.807, 2.05) is 6.08 Å². The van der Waals surface area contributed by atoms with Crippen LogP contribution in [0.2, 0.25) is 0 Å². The number of hydrogen-bond donors (Lipinski definition) is 6. The fourth-order valence-electron chi connectivity index (χ4n) is 8.86. The maximum Gasteiger partial charge on any atom is 0.220 e. The van der Waals surface area contributed by atoms with Gasteiger partial charge < -0.3 is 40.3 Å². The summed E-state index contributed by atoms with van der Waals surface area (Å²) in [6, 6.07) is -0.800. The number of amides is 1. The first-order valence-electron chi connectivity index (χ1n) is 27.6. The van der Waals surface area contributed by atoms with Crippen molar-refractivity contribution in [1.29, 1.82) is 0 Å². The van der Waals surface area contributed by atoms with E-state index in [1.165, 1.54) is 205 Å². The van der Waals surface area contributed by atoms with Crippen molar-refractivity contribution in [3.05, 3.63) is 24.3 Å². The van der Waals surface area contributed by atoms with Gasteiger partial charge in [-0.05, 0) is 44.9 Å². The fraction of sp³-hybridized carbons (Fsp3) is 0.909. The van der Waals surface area contributed by atoms with Crippen molar-refractivity contribution < 1.29 is 39.8 Å². The first-order chi connectivity index (χ1) is 31.3. The van der Waals surface area contributed by atoms with E-state index in [4.69, 9.17) is 9.47 Å². The van der Waals surface area contributed by atoms with Crippen LogP contribution in [-0.2, 0) is 14.3 Å². The summed E-state index contributed by atoms with van der Waals surface area (Å²) in [5, 5.41) is 54.3. The quantitative estimate of drug-likeness (QED) is 0.0261. The number of carbonyl (C=O) groups excluding carboxylic acids is 1. The predicted octanol–water partition coefficient (Wildman–Crippen LogP) is 13.0. The van der Waals surface area contributed by atoms with Crippen LogP contribution in [0.3, 0.4) is 0 Å². The van der Waals surface area contributed by atoms with Crippen LogP contribution in [0.15, 0.2) is 24.3 Å². The molecule has 9 nitrogen and oxygen atoms in total. The second-order valence-corrected chi connectivity index (χ2v) is 19.4. The smallest absolute Gasteiger partial charge is 0.220 e. The average Bonchev–Trinajstić information content (AvgIpc) is 3.29. The molecule has 7 atom stereocenters. The second-order valence-electron chi connectivity index (χ2n) is 19.4. The third kappa shape index (κ3) is 34.9. The number of carbonyl (C=O) groups is 1. The van der Waals surface area contributed by atoms with Gasteiger partial charge in [0.1, 0.15) is 24.4 Å². The SMILES string of the molecule is CCCCCCCCCC/C=C\CCCCCCCCCCCCCCCCCCCC(=O)NC(COC1OC(CO)C(O)C(O)C1O)C(O)/C=C/CCCCCCCCCCCC. The summed E-state index contributed by atoms with van der Waals surface area (Å²) < 4.78 is 11.2. The number of hydrogen-bond acceptors (Lipinski definition) is 8. The van der Waals surface area contributed by atoms with Crippen molar-refractivity contribution >= 4 is 5.91 Å². The normalized spacial score (nSPS) is 20.1. The molecule has 0 aromatic rings. The Hall–Kier alpha value is -1.33. The predicted molar refractivity (Wildman–Crippen MR) is 267 cm³/mol. The van der Waals surface area contributed by atoms with Gasteiger partial charge in [0.2, 0.25) is 5.91 Å². The van der Waals surface area contributed by atoms with Gasteiger partial charge in [-0.25, -0.2) is 0 Å². The molecule has 1 aliphatic rings. The Labute approximate surface area is 394 Å². The summed E-state index contributed by atoms with van der Waals surface area (Å²) in [6.07, 6.45) is 49.7. The highest BCUT2D eigenvalue weighted by Gasteiger charge is 2.44. The fourth-order valence-corrected chi connectivity index (χ4v) is 8.86. The van der Waals surface area contributed by atoms with Crippen LogP contribution >= 0.6 is 0 Å². The minimum atomic E-state index is -1.56. The van der Waals surface area contributed by atoms with Gasteiger partial charge in [0.15, 0.2) is 6.29 Å². The molecule has 0 aliphatic carbocycles. The van der Waals surface area contributed by atoms with Crippen molar-refractivity contribution in [2.75, 3.05) is 13.2 Å². The number of aliphatic hydroxyl groups excluding tert-OH is 5. The van der Waals surface area contributed by atoms with E-state index in [2.05, 4.69) is 31.3 Å². The topological polar surface area (TPSA) is 149 Å². The Morgan fingerprint density at radius 3 is 1.27 bits per heavy atom. The molecule has 0 radical (unpaired) electrons. The van der Waals surface area contributed by atoms with Gasteiger partial charge in [0.25, 0.3) is 0 Å². The highest BCUT2D eigenvalue weighted by Crippen LogP contribution is 2.23. The van der Waals surface area contributed by atoms with Gasteiger partial charge in [-0.2, -0.15) is 0 Å². The lowest BCUT2D eigenvalue weighted by atomic mass is 9.99. The Kier molecular flexibility index (Phi) is 43.1. The zero-order valence-corrected chi connectivity index (χ0v) is 41.8. The average molecular weight is 908 g/mol. The molecule has 9 heteroatoms. The Balaban J connectivity index is 2.14. The van der Waals surface area contributed by atoms with E-state index in [-0.39, 0.29) is 12.5 Å². The third-order valence-electron chi connectivity index (χ3n) is 13.3. The first kappa shape index (κ1) is 60.7. The van der Waals surface area contributed by atoms with Crippen molar-refractivity contribution in [3.8, 4) is 0 Å². The standard InChI is InChI=1S/C55H105NO8/c1-3-5-7-9-11-13-15-17-18-19-20-21-22-23-24-25-26-27-28-29-30-31-32-33-35-37-39-41-43-45-51(59)56-48(47-63-55-54(62)53(61)52(60)50(46-57)64-55)49(58)44-42-40-38-36-34-16-14-12-10-8-6-4-2/h19-20,42,44,48-50,52-55,57-58,60-62H,3-18,21-41,43,45-47H2,1-2H3,(H,56,59)/b20-19-,44-42+. The molecular weight excluding hydrogens is 803 g/mol. The number of rotatable bonds is 47. The van der Waals surface area contributed by atoms with Crippen LogP contribution in [0.1, 0.15) is 264 Å². The molecule has 378 valence electrons. The Morgan fingerprint density at radius 2 is 0.875 bits per heavy atom. The van der Waals surface area contributed by atoms with Crippen molar-refractivity contribution in [3.63, 3.8) is 0 Å². The van der Waals surface area contributed by atoms with Crippen molar-refractivity contribution in [2.45, 2.75) is 307 Å². The van der Waals surface area contributed by atoms with Crippen LogP contribution in [0.4, 0.5) is 0 Å². The number of unbranched alkanes of at least 4 members (excludes halogenated alkanes) is 35. The van der Waals surface area contributed by atoms with Crippen LogP contribution in [0, 0.1) is 0 Å². The molecular formula is C55H105NO8. The summed E-state index contributed by atoms with van der Waals surface area (Å²) in [5.41, 5.74) is 0. The van der Waals surface area contributed by atoms with Gasteiger partial charge in [0, 0.05) is 6.42 Å². The van der Waals surface area contributed by atoms with E-state index in [9.17, 15) is 30.3 Å². The van der Waals surface area contributed by atoms with Crippen LogP contribution in [-0.4, -0.2) is 87.5 Å². The van der Waals surface area contributed by atoms with Crippen LogP contribution in [0.25, 0.3) is 0 Å².